The number of benzene rings is 2. The Balaban J connectivity index is 1.87. The number of rotatable bonds is 8. The number of phenols is 1. The molecule has 0 aromatic heterocycles. The molecule has 0 saturated carbocycles. The van der Waals surface area contributed by atoms with E-state index in [9.17, 15) is 9.90 Å². The Morgan fingerprint density at radius 1 is 1.16 bits per heavy atom. The number of hydrogen-bond acceptors (Lipinski definition) is 5. The fourth-order valence-corrected chi connectivity index (χ4v) is 2.38. The van der Waals surface area contributed by atoms with Gasteiger partial charge in [-0.2, -0.15) is 5.10 Å². The summed E-state index contributed by atoms with van der Waals surface area (Å²) in [5.74, 6) is -0.135. The molecule has 0 bridgehead atoms. The number of carbonyl (C=O) groups is 1. The van der Waals surface area contributed by atoms with E-state index in [1.54, 1.807) is 12.1 Å². The van der Waals surface area contributed by atoms with Gasteiger partial charge in [-0.3, -0.25) is 4.79 Å². The SMILES string of the molecule is CCN(CC)c1ccc(/C=N\NC(=O)CNc2ccccc2)c(O)c1. The molecule has 0 radical (unpaired) electrons. The average Bonchev–Trinajstić information content (AvgIpc) is 2.63. The summed E-state index contributed by atoms with van der Waals surface area (Å²) in [6.07, 6.45) is 1.43. The maximum atomic E-state index is 11.8. The number of para-hydroxylation sites is 1. The first-order valence-corrected chi connectivity index (χ1v) is 8.32. The fraction of sp³-hybridized carbons (Fsp3) is 0.263. The maximum absolute atomic E-state index is 11.8. The molecule has 1 amide bonds. The predicted octanol–water partition coefficient (Wildman–Crippen LogP) is 2.80. The molecule has 3 N–H and O–H groups in total. The number of nitrogens with one attached hydrogen (secondary N) is 2. The van der Waals surface area contributed by atoms with Crippen molar-refractivity contribution in [2.45, 2.75) is 13.8 Å². The van der Waals surface area contributed by atoms with E-state index in [1.165, 1.54) is 6.21 Å². The van der Waals surface area contributed by atoms with Crippen LogP contribution in [0.25, 0.3) is 0 Å². The summed E-state index contributed by atoms with van der Waals surface area (Å²) in [6.45, 7) is 5.99. The standard InChI is InChI=1S/C19H24N4O2/c1-3-23(4-2)17-11-10-15(18(24)12-17)13-21-22-19(25)14-20-16-8-6-5-7-9-16/h5-13,20,24H,3-4,14H2,1-2H3,(H,22,25)/b21-13-. The summed E-state index contributed by atoms with van der Waals surface area (Å²) in [5.41, 5.74) is 4.80. The third-order valence-electron chi connectivity index (χ3n) is 3.76. The van der Waals surface area contributed by atoms with Crippen LogP contribution in [0.5, 0.6) is 5.75 Å². The molecule has 6 nitrogen and oxygen atoms in total. The zero-order chi connectivity index (χ0) is 18.1. The third kappa shape index (κ3) is 5.53. The lowest BCUT2D eigenvalue weighted by molar-refractivity contribution is -0.119. The average molecular weight is 340 g/mol. The summed E-state index contributed by atoms with van der Waals surface area (Å²) < 4.78 is 0. The smallest absolute Gasteiger partial charge is 0.259 e. The molecule has 25 heavy (non-hydrogen) atoms. The van der Waals surface area contributed by atoms with E-state index >= 15 is 0 Å². The Kier molecular flexibility index (Phi) is 6.83. The highest BCUT2D eigenvalue weighted by atomic mass is 16.3. The number of anilines is 2. The van der Waals surface area contributed by atoms with E-state index in [-0.39, 0.29) is 18.2 Å². The van der Waals surface area contributed by atoms with Crippen molar-refractivity contribution in [2.75, 3.05) is 29.9 Å². The van der Waals surface area contributed by atoms with Crippen molar-refractivity contribution in [1.29, 1.82) is 0 Å². The second-order valence-corrected chi connectivity index (χ2v) is 5.43. The first-order chi connectivity index (χ1) is 12.1. The van der Waals surface area contributed by atoms with Gasteiger partial charge in [0.05, 0.1) is 12.8 Å². The summed E-state index contributed by atoms with van der Waals surface area (Å²) in [5, 5.41) is 17.0. The Morgan fingerprint density at radius 2 is 1.88 bits per heavy atom. The van der Waals surface area contributed by atoms with Crippen LogP contribution in [0.3, 0.4) is 0 Å². The minimum Gasteiger partial charge on any atom is -0.507 e. The minimum atomic E-state index is -0.264. The van der Waals surface area contributed by atoms with Gasteiger partial charge in [0.1, 0.15) is 5.75 Å². The molecule has 0 aliphatic heterocycles. The van der Waals surface area contributed by atoms with Crippen molar-refractivity contribution >= 4 is 23.5 Å². The molecule has 2 aromatic carbocycles. The van der Waals surface area contributed by atoms with Gasteiger partial charge in [0.15, 0.2) is 0 Å². The van der Waals surface area contributed by atoms with Gasteiger partial charge in [-0.25, -0.2) is 5.43 Å². The highest BCUT2D eigenvalue weighted by Gasteiger charge is 2.06. The molecule has 0 saturated heterocycles. The van der Waals surface area contributed by atoms with Crippen LogP contribution in [0.1, 0.15) is 19.4 Å². The van der Waals surface area contributed by atoms with Gasteiger partial charge in [0.2, 0.25) is 0 Å². The first-order valence-electron chi connectivity index (χ1n) is 8.32. The Labute approximate surface area is 148 Å². The van der Waals surface area contributed by atoms with Gasteiger partial charge in [-0.05, 0) is 38.1 Å². The number of amides is 1. The van der Waals surface area contributed by atoms with Crippen LogP contribution in [0.15, 0.2) is 53.6 Å². The Morgan fingerprint density at radius 3 is 2.52 bits per heavy atom. The molecule has 0 aliphatic carbocycles. The molecule has 6 heteroatoms. The summed E-state index contributed by atoms with van der Waals surface area (Å²) in [6, 6.07) is 14.9. The highest BCUT2D eigenvalue weighted by Crippen LogP contribution is 2.23. The molecular formula is C19H24N4O2. The monoisotopic (exact) mass is 340 g/mol. The topological polar surface area (TPSA) is 77.0 Å². The van der Waals surface area contributed by atoms with Crippen molar-refractivity contribution in [1.82, 2.24) is 5.43 Å². The van der Waals surface area contributed by atoms with Gasteiger partial charge in [-0.1, -0.05) is 18.2 Å². The lowest BCUT2D eigenvalue weighted by Crippen LogP contribution is -2.25. The first kappa shape index (κ1) is 18.3. The van der Waals surface area contributed by atoms with Crippen molar-refractivity contribution < 1.29 is 9.90 Å². The van der Waals surface area contributed by atoms with Crippen LogP contribution in [0.4, 0.5) is 11.4 Å². The van der Waals surface area contributed by atoms with Gasteiger partial charge >= 0.3 is 0 Å². The molecule has 132 valence electrons. The molecular weight excluding hydrogens is 316 g/mol. The van der Waals surface area contributed by atoms with Gasteiger partial charge < -0.3 is 15.3 Å². The number of hydrazone groups is 1. The number of nitrogens with zero attached hydrogens (tertiary/aromatic N) is 2. The largest absolute Gasteiger partial charge is 0.507 e. The highest BCUT2D eigenvalue weighted by molar-refractivity contribution is 5.86. The van der Waals surface area contributed by atoms with Gasteiger partial charge in [-0.15, -0.1) is 0 Å². The Bertz CT molecular complexity index is 713. The van der Waals surface area contributed by atoms with Crippen LogP contribution in [-0.4, -0.2) is 36.9 Å². The van der Waals surface area contributed by atoms with E-state index in [1.807, 2.05) is 36.4 Å². The quantitative estimate of drug-likeness (QED) is 0.510. The zero-order valence-corrected chi connectivity index (χ0v) is 14.6. The van der Waals surface area contributed by atoms with Crippen LogP contribution in [0.2, 0.25) is 0 Å². The van der Waals surface area contributed by atoms with Crippen molar-refractivity contribution in [3.8, 4) is 5.75 Å². The molecule has 2 rings (SSSR count). The van der Waals surface area contributed by atoms with E-state index < -0.39 is 0 Å². The van der Waals surface area contributed by atoms with E-state index in [0.29, 0.717) is 5.56 Å². The van der Waals surface area contributed by atoms with Crippen LogP contribution >= 0.6 is 0 Å². The number of phenolic OH excluding ortho intramolecular Hbond substituents is 1. The molecule has 0 aliphatic rings. The summed E-state index contributed by atoms with van der Waals surface area (Å²) in [7, 11) is 0. The van der Waals surface area contributed by atoms with Crippen LogP contribution < -0.4 is 15.6 Å². The van der Waals surface area contributed by atoms with Crippen LogP contribution in [0, 0.1) is 0 Å². The van der Waals surface area contributed by atoms with Crippen LogP contribution in [-0.2, 0) is 4.79 Å². The lowest BCUT2D eigenvalue weighted by Gasteiger charge is -2.21. The predicted molar refractivity (Wildman–Crippen MR) is 102 cm³/mol. The second-order valence-electron chi connectivity index (χ2n) is 5.43. The van der Waals surface area contributed by atoms with E-state index in [2.05, 4.69) is 34.6 Å². The number of carbonyl (C=O) groups excluding carboxylic acids is 1. The maximum Gasteiger partial charge on any atom is 0.259 e. The minimum absolute atomic E-state index is 0.119. The third-order valence-corrected chi connectivity index (χ3v) is 3.76. The number of hydrogen-bond donors (Lipinski definition) is 3. The normalized spacial score (nSPS) is 10.6. The molecule has 0 spiro atoms. The molecule has 2 aromatic rings. The Hall–Kier alpha value is -3.02. The fourth-order valence-electron chi connectivity index (χ4n) is 2.38. The molecule has 0 unspecified atom stereocenters. The van der Waals surface area contributed by atoms with E-state index in [0.717, 1.165) is 24.5 Å². The second kappa shape index (κ2) is 9.32. The van der Waals surface area contributed by atoms with E-state index in [4.69, 9.17) is 0 Å². The molecule has 0 fully saturated rings. The van der Waals surface area contributed by atoms with Crippen molar-refractivity contribution in [3.05, 3.63) is 54.1 Å². The number of aromatic hydroxyl groups is 1. The summed E-state index contributed by atoms with van der Waals surface area (Å²) in [4.78, 5) is 13.9. The lowest BCUT2D eigenvalue weighted by atomic mass is 10.2. The van der Waals surface area contributed by atoms with Crippen molar-refractivity contribution in [3.63, 3.8) is 0 Å². The van der Waals surface area contributed by atoms with Crippen molar-refractivity contribution in [2.24, 2.45) is 5.10 Å². The van der Waals surface area contributed by atoms with Gasteiger partial charge in [0.25, 0.3) is 5.91 Å². The van der Waals surface area contributed by atoms with Gasteiger partial charge in [0, 0.05) is 36.1 Å². The zero-order valence-electron chi connectivity index (χ0n) is 14.6. The molecule has 0 atom stereocenters. The molecule has 0 heterocycles. The summed E-state index contributed by atoms with van der Waals surface area (Å²) >= 11 is 0.